The van der Waals surface area contributed by atoms with Crippen LogP contribution in [0.2, 0.25) is 0 Å². The summed E-state index contributed by atoms with van der Waals surface area (Å²) in [5.41, 5.74) is 7.06. The van der Waals surface area contributed by atoms with Crippen LogP contribution in [0.1, 0.15) is 13.8 Å². The zero-order chi connectivity index (χ0) is 15.6. The number of hydrogen-bond acceptors (Lipinski definition) is 4. The van der Waals surface area contributed by atoms with Crippen LogP contribution in [0, 0.1) is 0 Å². The highest BCUT2D eigenvalue weighted by molar-refractivity contribution is 7.92. The molecule has 1 aliphatic rings. The molecule has 1 aromatic carbocycles. The number of benzene rings is 1. The maximum absolute atomic E-state index is 12.3. The second kappa shape index (κ2) is 5.93. The molecule has 1 aliphatic heterocycles. The molecular weight excluding hydrogens is 290 g/mol. The summed E-state index contributed by atoms with van der Waals surface area (Å²) in [6.07, 6.45) is 0. The lowest BCUT2D eigenvalue weighted by atomic mass is 10.2. The van der Waals surface area contributed by atoms with Gasteiger partial charge in [-0.3, -0.25) is 4.90 Å². The highest BCUT2D eigenvalue weighted by atomic mass is 32.2. The van der Waals surface area contributed by atoms with Gasteiger partial charge in [-0.25, -0.2) is 13.2 Å². The average Bonchev–Trinajstić information content (AvgIpc) is 2.79. The maximum Gasteiger partial charge on any atom is 0.324 e. The number of nitrogens with zero attached hydrogens (tertiary/aromatic N) is 2. The van der Waals surface area contributed by atoms with E-state index in [0.29, 0.717) is 18.8 Å². The van der Waals surface area contributed by atoms with E-state index in [1.807, 2.05) is 0 Å². The molecule has 0 radical (unpaired) electrons. The number of nitrogen functional groups attached to an aromatic ring is 1. The molecule has 1 aromatic rings. The van der Waals surface area contributed by atoms with Gasteiger partial charge in [-0.15, -0.1) is 0 Å². The molecule has 7 heteroatoms. The standard InChI is InChI=1S/C14H21N3O3S/c1-11(2)21(19,20)10-9-16-7-8-17(14(16)18)13-5-3-12(15)4-6-13/h3-6,11H,7-10,15H2,1-2H3. The van der Waals surface area contributed by atoms with Crippen molar-refractivity contribution in [3.8, 4) is 0 Å². The van der Waals surface area contributed by atoms with Gasteiger partial charge in [0.25, 0.3) is 0 Å². The maximum atomic E-state index is 12.3. The lowest BCUT2D eigenvalue weighted by Gasteiger charge is -2.19. The molecule has 0 bridgehead atoms. The van der Waals surface area contributed by atoms with E-state index in [-0.39, 0.29) is 18.3 Å². The molecule has 2 amide bonds. The Kier molecular flexibility index (Phi) is 4.41. The van der Waals surface area contributed by atoms with Gasteiger partial charge in [0, 0.05) is 31.0 Å². The zero-order valence-electron chi connectivity index (χ0n) is 12.3. The third-order valence-electron chi connectivity index (χ3n) is 3.66. The van der Waals surface area contributed by atoms with E-state index in [4.69, 9.17) is 5.73 Å². The molecule has 2 rings (SSSR count). The molecule has 1 saturated heterocycles. The SMILES string of the molecule is CC(C)S(=O)(=O)CCN1CCN(c2ccc(N)cc2)C1=O. The first-order chi connectivity index (χ1) is 9.81. The largest absolute Gasteiger partial charge is 0.399 e. The molecule has 6 nitrogen and oxygen atoms in total. The van der Waals surface area contributed by atoms with Gasteiger partial charge in [-0.05, 0) is 38.1 Å². The predicted molar refractivity (Wildman–Crippen MR) is 84.1 cm³/mol. The van der Waals surface area contributed by atoms with E-state index >= 15 is 0 Å². The fourth-order valence-corrected chi connectivity index (χ4v) is 3.10. The van der Waals surface area contributed by atoms with E-state index in [2.05, 4.69) is 0 Å². The Labute approximate surface area is 125 Å². The highest BCUT2D eigenvalue weighted by Crippen LogP contribution is 2.21. The molecule has 1 heterocycles. The van der Waals surface area contributed by atoms with Crippen molar-refractivity contribution >= 4 is 27.2 Å². The molecule has 0 saturated carbocycles. The van der Waals surface area contributed by atoms with Crippen molar-refractivity contribution in [3.05, 3.63) is 24.3 Å². The van der Waals surface area contributed by atoms with E-state index in [1.54, 1.807) is 47.9 Å². The number of urea groups is 1. The van der Waals surface area contributed by atoms with Gasteiger partial charge in [-0.2, -0.15) is 0 Å². The molecule has 116 valence electrons. The fraction of sp³-hybridized carbons (Fsp3) is 0.500. The number of carbonyl (C=O) groups is 1. The highest BCUT2D eigenvalue weighted by Gasteiger charge is 2.30. The van der Waals surface area contributed by atoms with Crippen LogP contribution in [0.25, 0.3) is 0 Å². The number of hydrogen-bond donors (Lipinski definition) is 1. The second-order valence-corrected chi connectivity index (χ2v) is 8.11. The third-order valence-corrected chi connectivity index (χ3v) is 5.85. The van der Waals surface area contributed by atoms with Crippen molar-refractivity contribution in [2.75, 3.05) is 36.0 Å². The quantitative estimate of drug-likeness (QED) is 0.832. The number of carbonyl (C=O) groups excluding carboxylic acids is 1. The molecule has 0 spiro atoms. The summed E-state index contributed by atoms with van der Waals surface area (Å²) < 4.78 is 23.6. The number of rotatable bonds is 5. The van der Waals surface area contributed by atoms with Crippen LogP contribution in [-0.2, 0) is 9.84 Å². The van der Waals surface area contributed by atoms with Gasteiger partial charge in [-0.1, -0.05) is 0 Å². The summed E-state index contributed by atoms with van der Waals surface area (Å²) in [7, 11) is -3.13. The van der Waals surface area contributed by atoms with Crippen molar-refractivity contribution in [3.63, 3.8) is 0 Å². The topological polar surface area (TPSA) is 83.7 Å². The van der Waals surface area contributed by atoms with E-state index in [0.717, 1.165) is 5.69 Å². The molecule has 0 unspecified atom stereocenters. The van der Waals surface area contributed by atoms with Crippen LogP contribution in [0.5, 0.6) is 0 Å². The van der Waals surface area contributed by atoms with E-state index in [9.17, 15) is 13.2 Å². The molecule has 0 aliphatic carbocycles. The summed E-state index contributed by atoms with van der Waals surface area (Å²) in [4.78, 5) is 15.5. The zero-order valence-corrected chi connectivity index (χ0v) is 13.1. The lowest BCUT2D eigenvalue weighted by molar-refractivity contribution is 0.223. The van der Waals surface area contributed by atoms with Crippen LogP contribution in [-0.4, -0.2) is 50.0 Å². The van der Waals surface area contributed by atoms with Crippen molar-refractivity contribution in [2.24, 2.45) is 0 Å². The van der Waals surface area contributed by atoms with Gasteiger partial charge >= 0.3 is 6.03 Å². The first-order valence-electron chi connectivity index (χ1n) is 6.95. The minimum Gasteiger partial charge on any atom is -0.399 e. The molecule has 2 N–H and O–H groups in total. The molecule has 1 fully saturated rings. The van der Waals surface area contributed by atoms with Crippen molar-refractivity contribution in [1.29, 1.82) is 0 Å². The lowest BCUT2D eigenvalue weighted by Crippen LogP contribution is -2.36. The molecule has 0 aromatic heterocycles. The van der Waals surface area contributed by atoms with Crippen molar-refractivity contribution < 1.29 is 13.2 Å². The number of sulfone groups is 1. The first-order valence-corrected chi connectivity index (χ1v) is 8.66. The first kappa shape index (κ1) is 15.6. The van der Waals surface area contributed by atoms with Crippen LogP contribution in [0.4, 0.5) is 16.2 Å². The van der Waals surface area contributed by atoms with Gasteiger partial charge in [0.1, 0.15) is 0 Å². The Morgan fingerprint density at radius 3 is 2.38 bits per heavy atom. The Morgan fingerprint density at radius 2 is 1.81 bits per heavy atom. The van der Waals surface area contributed by atoms with Gasteiger partial charge < -0.3 is 10.6 Å². The van der Waals surface area contributed by atoms with Crippen LogP contribution in [0.3, 0.4) is 0 Å². The number of nitrogens with two attached hydrogens (primary N) is 1. The monoisotopic (exact) mass is 311 g/mol. The summed E-state index contributed by atoms with van der Waals surface area (Å²) in [6, 6.07) is 6.92. The van der Waals surface area contributed by atoms with Crippen LogP contribution >= 0.6 is 0 Å². The molecule has 0 atom stereocenters. The minimum atomic E-state index is -3.13. The number of amides is 2. The summed E-state index contributed by atoms with van der Waals surface area (Å²) >= 11 is 0. The van der Waals surface area contributed by atoms with Gasteiger partial charge in [0.05, 0.1) is 11.0 Å². The average molecular weight is 311 g/mol. The molecular formula is C14H21N3O3S. The normalized spacial score (nSPS) is 16.0. The predicted octanol–water partition coefficient (Wildman–Crippen LogP) is 1.33. The van der Waals surface area contributed by atoms with Gasteiger partial charge in [0.15, 0.2) is 9.84 Å². The fourth-order valence-electron chi connectivity index (χ4n) is 2.16. The third kappa shape index (κ3) is 3.47. The smallest absolute Gasteiger partial charge is 0.324 e. The molecule has 21 heavy (non-hydrogen) atoms. The van der Waals surface area contributed by atoms with Gasteiger partial charge in [0.2, 0.25) is 0 Å². The van der Waals surface area contributed by atoms with Crippen molar-refractivity contribution in [2.45, 2.75) is 19.1 Å². The Morgan fingerprint density at radius 1 is 1.19 bits per heavy atom. The van der Waals surface area contributed by atoms with Crippen LogP contribution < -0.4 is 10.6 Å². The van der Waals surface area contributed by atoms with Crippen LogP contribution in [0.15, 0.2) is 24.3 Å². The Balaban J connectivity index is 2.00. The summed E-state index contributed by atoms with van der Waals surface area (Å²) in [5, 5.41) is -0.414. The van der Waals surface area contributed by atoms with E-state index in [1.165, 1.54) is 0 Å². The van der Waals surface area contributed by atoms with E-state index < -0.39 is 15.1 Å². The Bertz CT molecular complexity index is 611. The number of anilines is 2. The summed E-state index contributed by atoms with van der Waals surface area (Å²) in [5.74, 6) is 0.00594. The Hall–Kier alpha value is -1.76. The second-order valence-electron chi connectivity index (χ2n) is 5.43. The minimum absolute atomic E-state index is 0.00594. The summed E-state index contributed by atoms with van der Waals surface area (Å²) in [6.45, 7) is 4.65. The van der Waals surface area contributed by atoms with Crippen molar-refractivity contribution in [1.82, 2.24) is 4.90 Å².